The third-order valence-corrected chi connectivity index (χ3v) is 6.40. The summed E-state index contributed by atoms with van der Waals surface area (Å²) in [5.74, 6) is 0.0782. The smallest absolute Gasteiger partial charge is 0.317 e. The lowest BCUT2D eigenvalue weighted by Crippen LogP contribution is -2.55. The molecule has 138 valence electrons. The van der Waals surface area contributed by atoms with Crippen LogP contribution in [0.3, 0.4) is 0 Å². The number of aliphatic carboxylic acids is 1. The Morgan fingerprint density at radius 1 is 1.32 bits per heavy atom. The van der Waals surface area contributed by atoms with Crippen molar-refractivity contribution in [3.8, 4) is 5.75 Å². The van der Waals surface area contributed by atoms with E-state index in [0.29, 0.717) is 24.5 Å². The van der Waals surface area contributed by atoms with Gasteiger partial charge in [0.2, 0.25) is 10.0 Å². The number of nitrogens with zero attached hydrogens (tertiary/aromatic N) is 1. The fraction of sp³-hybridized carbons (Fsp3) is 0.588. The highest BCUT2D eigenvalue weighted by Crippen LogP contribution is 2.34. The van der Waals surface area contributed by atoms with Gasteiger partial charge < -0.3 is 9.84 Å². The van der Waals surface area contributed by atoms with E-state index in [-0.39, 0.29) is 23.5 Å². The number of sulfonamides is 1. The normalized spacial score (nSPS) is 23.3. The van der Waals surface area contributed by atoms with Crippen LogP contribution in [-0.4, -0.2) is 56.7 Å². The first-order valence-corrected chi connectivity index (χ1v) is 9.98. The zero-order valence-electron chi connectivity index (χ0n) is 14.2. The number of benzene rings is 1. The van der Waals surface area contributed by atoms with Crippen molar-refractivity contribution in [3.63, 3.8) is 0 Å². The third kappa shape index (κ3) is 4.50. The van der Waals surface area contributed by atoms with Gasteiger partial charge in [-0.2, -0.15) is 0 Å². The zero-order valence-corrected chi connectivity index (χ0v) is 15.0. The molecule has 2 fully saturated rings. The highest BCUT2D eigenvalue weighted by Gasteiger charge is 2.39. The van der Waals surface area contributed by atoms with Gasteiger partial charge >= 0.3 is 5.97 Å². The predicted molar refractivity (Wildman–Crippen MR) is 92.1 cm³/mol. The molecule has 8 heteroatoms. The Morgan fingerprint density at radius 2 is 2.00 bits per heavy atom. The third-order valence-electron chi connectivity index (χ3n) is 4.84. The highest BCUT2D eigenvalue weighted by molar-refractivity contribution is 7.89. The summed E-state index contributed by atoms with van der Waals surface area (Å²) in [7, 11) is -2.22. The molecule has 0 heterocycles. The van der Waals surface area contributed by atoms with Gasteiger partial charge in [0.25, 0.3) is 0 Å². The largest absolute Gasteiger partial charge is 0.495 e. The fourth-order valence-electron chi connectivity index (χ4n) is 3.25. The topological polar surface area (TPSA) is 95.9 Å². The van der Waals surface area contributed by atoms with E-state index < -0.39 is 16.0 Å². The summed E-state index contributed by atoms with van der Waals surface area (Å²) in [6.45, 7) is 0.816. The average Bonchev–Trinajstić information content (AvgIpc) is 3.33. The van der Waals surface area contributed by atoms with Crippen molar-refractivity contribution < 1.29 is 23.1 Å². The molecule has 0 aliphatic heterocycles. The van der Waals surface area contributed by atoms with Gasteiger partial charge in [0.1, 0.15) is 10.6 Å². The Bertz CT molecular complexity index is 726. The molecule has 3 rings (SSSR count). The van der Waals surface area contributed by atoms with E-state index in [2.05, 4.69) is 4.72 Å². The van der Waals surface area contributed by atoms with E-state index in [1.807, 2.05) is 4.90 Å². The minimum absolute atomic E-state index is 0.0210. The van der Waals surface area contributed by atoms with Gasteiger partial charge in [-0.25, -0.2) is 13.1 Å². The summed E-state index contributed by atoms with van der Waals surface area (Å²) in [5.41, 5.74) is 0. The second-order valence-corrected chi connectivity index (χ2v) is 8.54. The van der Waals surface area contributed by atoms with Crippen molar-refractivity contribution in [2.75, 3.05) is 20.2 Å². The second kappa shape index (κ2) is 7.31. The summed E-state index contributed by atoms with van der Waals surface area (Å²) in [5, 5.41) is 9.08. The molecule has 2 N–H and O–H groups in total. The Kier molecular flexibility index (Phi) is 5.31. The molecule has 0 aromatic heterocycles. The number of hydrogen-bond donors (Lipinski definition) is 2. The number of hydrogen-bond acceptors (Lipinski definition) is 5. The SMILES string of the molecule is COc1ccccc1S(=O)(=O)NC1CC(N(CC(=O)O)CC2CC2)C1. The monoisotopic (exact) mass is 368 g/mol. The van der Waals surface area contributed by atoms with Crippen LogP contribution in [0, 0.1) is 5.92 Å². The van der Waals surface area contributed by atoms with Crippen LogP contribution in [0.15, 0.2) is 29.2 Å². The van der Waals surface area contributed by atoms with Crippen molar-refractivity contribution in [2.45, 2.75) is 42.7 Å². The summed E-state index contributed by atoms with van der Waals surface area (Å²) in [6, 6.07) is 6.46. The molecule has 1 aromatic rings. The van der Waals surface area contributed by atoms with Gasteiger partial charge in [-0.05, 0) is 43.7 Å². The number of ether oxygens (including phenoxy) is 1. The fourth-order valence-corrected chi connectivity index (χ4v) is 4.69. The van der Waals surface area contributed by atoms with E-state index in [1.165, 1.54) is 13.2 Å². The minimum atomic E-state index is -3.66. The van der Waals surface area contributed by atoms with Gasteiger partial charge in [0.05, 0.1) is 13.7 Å². The van der Waals surface area contributed by atoms with Crippen LogP contribution in [0.5, 0.6) is 5.75 Å². The molecule has 0 unspecified atom stereocenters. The average molecular weight is 368 g/mol. The maximum atomic E-state index is 12.6. The number of carboxylic acid groups (broad SMARTS) is 1. The second-order valence-electron chi connectivity index (χ2n) is 6.86. The van der Waals surface area contributed by atoms with E-state index in [1.54, 1.807) is 18.2 Å². The first-order valence-electron chi connectivity index (χ1n) is 8.50. The standard InChI is InChI=1S/C17H24N2O5S/c1-24-15-4-2-3-5-16(15)25(22,23)18-13-8-14(9-13)19(11-17(20)21)10-12-6-7-12/h2-5,12-14,18H,6-11H2,1H3,(H,20,21). The van der Waals surface area contributed by atoms with Crippen LogP contribution in [0.2, 0.25) is 0 Å². The Hall–Kier alpha value is -1.64. The lowest BCUT2D eigenvalue weighted by atomic mass is 9.86. The van der Waals surface area contributed by atoms with Gasteiger partial charge in [-0.15, -0.1) is 0 Å². The number of carboxylic acids is 1. The number of methoxy groups -OCH3 is 1. The maximum absolute atomic E-state index is 12.6. The van der Waals surface area contributed by atoms with Gasteiger partial charge in [0.15, 0.2) is 0 Å². The summed E-state index contributed by atoms with van der Waals surface area (Å²) in [4.78, 5) is 13.2. The quantitative estimate of drug-likeness (QED) is 0.682. The highest BCUT2D eigenvalue weighted by atomic mass is 32.2. The molecule has 0 saturated heterocycles. The Balaban J connectivity index is 1.59. The first kappa shape index (κ1) is 18.2. The summed E-state index contributed by atoms with van der Waals surface area (Å²) in [6.07, 6.45) is 3.59. The molecule has 1 aromatic carbocycles. The number of nitrogens with one attached hydrogen (secondary N) is 1. The van der Waals surface area contributed by atoms with E-state index in [4.69, 9.17) is 9.84 Å². The predicted octanol–water partition coefficient (Wildman–Crippen LogP) is 1.30. The van der Waals surface area contributed by atoms with Crippen molar-refractivity contribution in [3.05, 3.63) is 24.3 Å². The Morgan fingerprint density at radius 3 is 2.60 bits per heavy atom. The molecule has 0 bridgehead atoms. The van der Waals surface area contributed by atoms with Crippen molar-refractivity contribution in [1.29, 1.82) is 0 Å². The van der Waals surface area contributed by atoms with Crippen LogP contribution in [0.25, 0.3) is 0 Å². The minimum Gasteiger partial charge on any atom is -0.495 e. The lowest BCUT2D eigenvalue weighted by molar-refractivity contribution is -0.139. The molecule has 2 saturated carbocycles. The zero-order chi connectivity index (χ0) is 18.0. The number of para-hydroxylation sites is 1. The number of rotatable bonds is 9. The molecular formula is C17H24N2O5S. The Labute approximate surface area is 148 Å². The van der Waals surface area contributed by atoms with Gasteiger partial charge in [-0.1, -0.05) is 12.1 Å². The van der Waals surface area contributed by atoms with E-state index >= 15 is 0 Å². The molecule has 7 nitrogen and oxygen atoms in total. The van der Waals surface area contributed by atoms with Gasteiger partial charge in [0, 0.05) is 18.6 Å². The summed E-state index contributed by atoms with van der Waals surface area (Å²) >= 11 is 0. The van der Waals surface area contributed by atoms with Gasteiger partial charge in [-0.3, -0.25) is 9.69 Å². The first-order chi connectivity index (χ1) is 11.9. The lowest BCUT2D eigenvalue weighted by Gasteiger charge is -2.42. The molecule has 25 heavy (non-hydrogen) atoms. The van der Waals surface area contributed by atoms with Crippen LogP contribution in [0.1, 0.15) is 25.7 Å². The number of carbonyl (C=O) groups is 1. The molecule has 0 amide bonds. The molecule has 0 atom stereocenters. The van der Waals surface area contributed by atoms with Crippen LogP contribution in [-0.2, 0) is 14.8 Å². The van der Waals surface area contributed by atoms with Crippen LogP contribution >= 0.6 is 0 Å². The molecule has 2 aliphatic carbocycles. The van der Waals surface area contributed by atoms with Crippen LogP contribution in [0.4, 0.5) is 0 Å². The summed E-state index contributed by atoms with van der Waals surface area (Å²) < 4.78 is 33.0. The van der Waals surface area contributed by atoms with Crippen molar-refractivity contribution in [1.82, 2.24) is 9.62 Å². The van der Waals surface area contributed by atoms with E-state index in [9.17, 15) is 13.2 Å². The van der Waals surface area contributed by atoms with Crippen molar-refractivity contribution in [2.24, 2.45) is 5.92 Å². The molecule has 0 spiro atoms. The van der Waals surface area contributed by atoms with E-state index in [0.717, 1.165) is 19.4 Å². The molecule has 2 aliphatic rings. The molecular weight excluding hydrogens is 344 g/mol. The molecule has 0 radical (unpaired) electrons. The van der Waals surface area contributed by atoms with Crippen molar-refractivity contribution >= 4 is 16.0 Å². The van der Waals surface area contributed by atoms with Crippen LogP contribution < -0.4 is 9.46 Å². The maximum Gasteiger partial charge on any atom is 0.317 e.